The average molecular weight is 249 g/mol. The number of methoxy groups -OCH3 is 1. The molecule has 1 N–H and O–H groups in total. The molecule has 2 aromatic carbocycles. The Bertz CT molecular complexity index is 674. The van der Waals surface area contributed by atoms with Crippen LogP contribution < -0.4 is 4.74 Å². The van der Waals surface area contributed by atoms with Gasteiger partial charge in [0.25, 0.3) is 0 Å². The number of ether oxygens (including phenoxy) is 1. The highest BCUT2D eigenvalue weighted by Crippen LogP contribution is 2.29. The molecule has 0 spiro atoms. The van der Waals surface area contributed by atoms with Gasteiger partial charge < -0.3 is 9.72 Å². The van der Waals surface area contributed by atoms with E-state index in [0.717, 1.165) is 28.4 Å². The second kappa shape index (κ2) is 4.98. The van der Waals surface area contributed by atoms with Crippen LogP contribution in [-0.4, -0.2) is 17.1 Å². The van der Waals surface area contributed by atoms with Gasteiger partial charge in [-0.15, -0.1) is 0 Å². The smallest absolute Gasteiger partial charge is 0.138 e. The number of nitrogens with one attached hydrogen (secondary N) is 1. The summed E-state index contributed by atoms with van der Waals surface area (Å²) in [6, 6.07) is 18.6. The molecule has 0 aliphatic carbocycles. The zero-order chi connectivity index (χ0) is 13.1. The first-order valence-corrected chi connectivity index (χ1v) is 6.04. The van der Waals surface area contributed by atoms with E-state index in [1.165, 1.54) is 0 Å². The van der Waals surface area contributed by atoms with Gasteiger partial charge >= 0.3 is 0 Å². The molecule has 1 aromatic heterocycles. The molecule has 0 amide bonds. The van der Waals surface area contributed by atoms with Crippen molar-refractivity contribution in [3.63, 3.8) is 0 Å². The number of aromatic nitrogens is 2. The van der Waals surface area contributed by atoms with E-state index in [-0.39, 0.29) is 0 Å². The van der Waals surface area contributed by atoms with Crippen LogP contribution in [0.15, 0.2) is 54.7 Å². The topological polar surface area (TPSA) is 37.9 Å². The number of rotatable bonds is 3. The van der Waals surface area contributed by atoms with Crippen LogP contribution in [0, 0.1) is 6.07 Å². The summed E-state index contributed by atoms with van der Waals surface area (Å²) < 4.78 is 5.36. The fourth-order valence-corrected chi connectivity index (χ4v) is 2.01. The Morgan fingerprint density at radius 2 is 1.89 bits per heavy atom. The van der Waals surface area contributed by atoms with Gasteiger partial charge in [0.15, 0.2) is 0 Å². The fourth-order valence-electron chi connectivity index (χ4n) is 2.01. The van der Waals surface area contributed by atoms with Gasteiger partial charge in [-0.2, -0.15) is 0 Å². The van der Waals surface area contributed by atoms with E-state index in [0.29, 0.717) is 0 Å². The molecule has 19 heavy (non-hydrogen) atoms. The van der Waals surface area contributed by atoms with Crippen molar-refractivity contribution in [2.45, 2.75) is 0 Å². The van der Waals surface area contributed by atoms with Gasteiger partial charge in [0.05, 0.1) is 12.8 Å². The van der Waals surface area contributed by atoms with Gasteiger partial charge in [-0.05, 0) is 18.2 Å². The Balaban J connectivity index is 2.02. The van der Waals surface area contributed by atoms with Crippen LogP contribution in [0.3, 0.4) is 0 Å². The predicted molar refractivity (Wildman–Crippen MR) is 74.8 cm³/mol. The molecule has 0 atom stereocenters. The number of imidazole rings is 1. The van der Waals surface area contributed by atoms with Crippen LogP contribution in [0.1, 0.15) is 0 Å². The highest BCUT2D eigenvalue weighted by atomic mass is 16.5. The van der Waals surface area contributed by atoms with Gasteiger partial charge in [-0.25, -0.2) is 4.98 Å². The van der Waals surface area contributed by atoms with Crippen LogP contribution in [0.5, 0.6) is 5.75 Å². The third-order valence-electron chi connectivity index (χ3n) is 2.95. The largest absolute Gasteiger partial charge is 0.496 e. The lowest BCUT2D eigenvalue weighted by atomic mass is 10.1. The maximum atomic E-state index is 5.36. The number of hydrogen-bond donors (Lipinski definition) is 1. The van der Waals surface area contributed by atoms with E-state index in [1.807, 2.05) is 54.7 Å². The molecule has 0 saturated heterocycles. The number of nitrogens with zero attached hydrogens (tertiary/aromatic N) is 1. The summed E-state index contributed by atoms with van der Waals surface area (Å²) in [5, 5.41) is 0. The highest BCUT2D eigenvalue weighted by molar-refractivity contribution is 5.69. The summed E-state index contributed by atoms with van der Waals surface area (Å²) in [4.78, 5) is 7.80. The summed E-state index contributed by atoms with van der Waals surface area (Å²) in [5.41, 5.74) is 2.90. The Morgan fingerprint density at radius 1 is 1.11 bits per heavy atom. The van der Waals surface area contributed by atoms with Crippen LogP contribution in [0.2, 0.25) is 0 Å². The van der Waals surface area contributed by atoms with Crippen molar-refractivity contribution in [3.8, 4) is 28.4 Å². The fraction of sp³-hybridized carbons (Fsp3) is 0.0625. The molecule has 0 saturated carbocycles. The monoisotopic (exact) mass is 249 g/mol. The van der Waals surface area contributed by atoms with Crippen LogP contribution in [-0.2, 0) is 0 Å². The molecule has 0 aliphatic rings. The second-order valence-corrected chi connectivity index (χ2v) is 4.12. The molecule has 3 nitrogen and oxygen atoms in total. The molecule has 0 fully saturated rings. The van der Waals surface area contributed by atoms with Gasteiger partial charge in [-0.1, -0.05) is 36.4 Å². The Hall–Kier alpha value is -2.55. The van der Waals surface area contributed by atoms with Crippen molar-refractivity contribution in [2.24, 2.45) is 0 Å². The van der Waals surface area contributed by atoms with Crippen molar-refractivity contribution < 1.29 is 4.74 Å². The number of aromatic amines is 1. The lowest BCUT2D eigenvalue weighted by molar-refractivity contribution is 0.416. The number of benzene rings is 2. The predicted octanol–water partition coefficient (Wildman–Crippen LogP) is 3.55. The lowest BCUT2D eigenvalue weighted by Gasteiger charge is -2.04. The molecule has 3 heteroatoms. The molecule has 1 heterocycles. The van der Waals surface area contributed by atoms with E-state index in [4.69, 9.17) is 4.74 Å². The maximum absolute atomic E-state index is 5.36. The van der Waals surface area contributed by atoms with Crippen molar-refractivity contribution in [1.82, 2.24) is 9.97 Å². The molecule has 93 valence electrons. The molecule has 0 bridgehead atoms. The maximum Gasteiger partial charge on any atom is 0.138 e. The normalized spacial score (nSPS) is 10.4. The molecule has 0 aliphatic heterocycles. The van der Waals surface area contributed by atoms with Gasteiger partial charge in [0.1, 0.15) is 11.6 Å². The standard InChI is InChI=1S/C16H13N2O/c1-19-15-10-6-5-9-13(15)14-11-17-16(18-14)12-7-3-2-4-8-12/h3-11H,1H3,(H,17,18). The van der Waals surface area contributed by atoms with Crippen molar-refractivity contribution in [3.05, 3.63) is 60.8 Å². The summed E-state index contributed by atoms with van der Waals surface area (Å²) in [6.45, 7) is 0. The molecular formula is C16H13N2O. The summed E-state index contributed by atoms with van der Waals surface area (Å²) >= 11 is 0. The Labute approximate surface area is 111 Å². The second-order valence-electron chi connectivity index (χ2n) is 4.12. The minimum atomic E-state index is 0.821. The number of hydrogen-bond acceptors (Lipinski definition) is 2. The molecule has 3 rings (SSSR count). The summed E-state index contributed by atoms with van der Waals surface area (Å²) in [7, 11) is 1.67. The van der Waals surface area contributed by atoms with Crippen molar-refractivity contribution in [2.75, 3.05) is 7.11 Å². The van der Waals surface area contributed by atoms with Crippen LogP contribution >= 0.6 is 0 Å². The van der Waals surface area contributed by atoms with E-state index < -0.39 is 0 Å². The van der Waals surface area contributed by atoms with Gasteiger partial charge in [0, 0.05) is 17.3 Å². The van der Waals surface area contributed by atoms with E-state index in [9.17, 15) is 0 Å². The van der Waals surface area contributed by atoms with E-state index in [1.54, 1.807) is 7.11 Å². The molecular weight excluding hydrogens is 236 g/mol. The third-order valence-corrected chi connectivity index (χ3v) is 2.95. The first-order chi connectivity index (χ1) is 9.38. The SMILES string of the molecule is COc1ccccc1-c1c[nH]c(-c2cc[c]cc2)n1. The average Bonchev–Trinajstić information content (AvgIpc) is 2.98. The van der Waals surface area contributed by atoms with E-state index >= 15 is 0 Å². The summed E-state index contributed by atoms with van der Waals surface area (Å²) in [5.74, 6) is 1.66. The zero-order valence-electron chi connectivity index (χ0n) is 10.6. The minimum absolute atomic E-state index is 0.821. The molecule has 1 radical (unpaired) electrons. The molecule has 0 unspecified atom stereocenters. The Morgan fingerprint density at radius 3 is 2.68 bits per heavy atom. The van der Waals surface area contributed by atoms with Crippen molar-refractivity contribution >= 4 is 0 Å². The Kier molecular flexibility index (Phi) is 3.02. The zero-order valence-corrected chi connectivity index (χ0v) is 10.6. The van der Waals surface area contributed by atoms with E-state index in [2.05, 4.69) is 16.0 Å². The quantitative estimate of drug-likeness (QED) is 0.770. The minimum Gasteiger partial charge on any atom is -0.496 e. The van der Waals surface area contributed by atoms with Crippen LogP contribution in [0.25, 0.3) is 22.6 Å². The highest BCUT2D eigenvalue weighted by Gasteiger charge is 2.09. The first kappa shape index (κ1) is 11.5. The number of H-pyrrole nitrogens is 1. The third kappa shape index (κ3) is 2.22. The number of para-hydroxylation sites is 1. The lowest BCUT2D eigenvalue weighted by Crippen LogP contribution is -1.87. The summed E-state index contributed by atoms with van der Waals surface area (Å²) in [6.07, 6.45) is 1.89. The van der Waals surface area contributed by atoms with Crippen molar-refractivity contribution in [1.29, 1.82) is 0 Å². The first-order valence-electron chi connectivity index (χ1n) is 6.04. The van der Waals surface area contributed by atoms with Crippen LogP contribution in [0.4, 0.5) is 0 Å². The molecule has 3 aromatic rings. The van der Waals surface area contributed by atoms with Gasteiger partial charge in [0.2, 0.25) is 0 Å². The van der Waals surface area contributed by atoms with Gasteiger partial charge in [-0.3, -0.25) is 0 Å².